The monoisotopic (exact) mass is 173 g/mol. The van der Waals surface area contributed by atoms with Crippen molar-refractivity contribution in [2.45, 2.75) is 45.6 Å². The molecule has 0 aliphatic rings. The van der Waals surface area contributed by atoms with Crippen molar-refractivity contribution in [3.63, 3.8) is 0 Å². The van der Waals surface area contributed by atoms with Gasteiger partial charge in [0.05, 0.1) is 6.10 Å². The highest BCUT2D eigenvalue weighted by atomic mass is 16.3. The van der Waals surface area contributed by atoms with Crippen LogP contribution in [0, 0.1) is 0 Å². The van der Waals surface area contributed by atoms with E-state index in [1.165, 1.54) is 0 Å². The van der Waals surface area contributed by atoms with Crippen molar-refractivity contribution in [1.82, 2.24) is 5.32 Å². The van der Waals surface area contributed by atoms with Gasteiger partial charge in [0.25, 0.3) is 0 Å². The molecule has 0 spiro atoms. The molecule has 0 heterocycles. The Morgan fingerprint density at radius 3 is 2.67 bits per heavy atom. The molecule has 12 heavy (non-hydrogen) atoms. The number of carbonyl (C=O) groups is 1. The Morgan fingerprint density at radius 1 is 1.50 bits per heavy atom. The lowest BCUT2D eigenvalue weighted by Gasteiger charge is -2.06. The average molecular weight is 173 g/mol. The van der Waals surface area contributed by atoms with Crippen LogP contribution in [-0.2, 0) is 4.79 Å². The Labute approximate surface area is 74.2 Å². The van der Waals surface area contributed by atoms with Crippen LogP contribution in [-0.4, -0.2) is 23.7 Å². The average Bonchev–Trinajstić information content (AvgIpc) is 2.01. The molecule has 3 heteroatoms. The Bertz CT molecular complexity index is 124. The lowest BCUT2D eigenvalue weighted by Crippen LogP contribution is -2.30. The molecule has 0 aromatic rings. The first-order valence-corrected chi connectivity index (χ1v) is 4.61. The molecule has 1 atom stereocenters. The van der Waals surface area contributed by atoms with Crippen molar-refractivity contribution < 1.29 is 9.90 Å². The van der Waals surface area contributed by atoms with Gasteiger partial charge in [-0.2, -0.15) is 0 Å². The van der Waals surface area contributed by atoms with E-state index >= 15 is 0 Å². The second-order valence-electron chi connectivity index (χ2n) is 3.11. The third kappa shape index (κ3) is 7.54. The highest BCUT2D eigenvalue weighted by Gasteiger charge is 2.01. The summed E-state index contributed by atoms with van der Waals surface area (Å²) in [4.78, 5) is 11.0. The van der Waals surface area contributed by atoms with E-state index in [9.17, 15) is 4.79 Å². The quantitative estimate of drug-likeness (QED) is 0.590. The van der Waals surface area contributed by atoms with E-state index < -0.39 is 6.10 Å². The van der Waals surface area contributed by atoms with Crippen LogP contribution in [0.4, 0.5) is 0 Å². The fourth-order valence-corrected chi connectivity index (χ4v) is 0.885. The molecule has 0 rings (SSSR count). The number of hydrogen-bond donors (Lipinski definition) is 2. The van der Waals surface area contributed by atoms with Gasteiger partial charge in [0, 0.05) is 13.0 Å². The van der Waals surface area contributed by atoms with Crippen molar-refractivity contribution in [3.05, 3.63) is 0 Å². The number of unbranched alkanes of at least 4 members (excludes halogenated alkanes) is 2. The van der Waals surface area contributed by atoms with Gasteiger partial charge >= 0.3 is 0 Å². The fraction of sp³-hybridized carbons (Fsp3) is 0.889. The van der Waals surface area contributed by atoms with E-state index in [1.807, 2.05) is 0 Å². The molecule has 0 aromatic carbocycles. The van der Waals surface area contributed by atoms with Gasteiger partial charge < -0.3 is 10.4 Å². The third-order valence-electron chi connectivity index (χ3n) is 1.60. The normalized spacial score (nSPS) is 12.6. The summed E-state index contributed by atoms with van der Waals surface area (Å²) in [5.41, 5.74) is 0. The van der Waals surface area contributed by atoms with E-state index in [0.29, 0.717) is 13.0 Å². The van der Waals surface area contributed by atoms with Crippen molar-refractivity contribution in [1.29, 1.82) is 0 Å². The van der Waals surface area contributed by atoms with E-state index in [4.69, 9.17) is 5.11 Å². The number of hydrogen-bond acceptors (Lipinski definition) is 2. The molecule has 0 aliphatic carbocycles. The summed E-state index contributed by atoms with van der Waals surface area (Å²) >= 11 is 0. The summed E-state index contributed by atoms with van der Waals surface area (Å²) in [6, 6.07) is 0. The van der Waals surface area contributed by atoms with Crippen molar-refractivity contribution in [2.75, 3.05) is 6.54 Å². The first-order chi connectivity index (χ1) is 5.66. The maximum atomic E-state index is 11.0. The lowest BCUT2D eigenvalue weighted by molar-refractivity contribution is -0.121. The fourth-order valence-electron chi connectivity index (χ4n) is 0.885. The Hall–Kier alpha value is -0.570. The second kappa shape index (κ2) is 7.10. The molecule has 1 amide bonds. The smallest absolute Gasteiger partial charge is 0.220 e. The molecular weight excluding hydrogens is 154 g/mol. The summed E-state index contributed by atoms with van der Waals surface area (Å²) in [7, 11) is 0. The number of nitrogens with one attached hydrogen (secondary N) is 1. The van der Waals surface area contributed by atoms with Crippen LogP contribution in [0.1, 0.15) is 39.5 Å². The summed E-state index contributed by atoms with van der Waals surface area (Å²) in [5.74, 6) is 0.0457. The van der Waals surface area contributed by atoms with E-state index in [1.54, 1.807) is 6.92 Å². The van der Waals surface area contributed by atoms with Gasteiger partial charge in [-0.15, -0.1) is 0 Å². The van der Waals surface area contributed by atoms with Crippen LogP contribution in [0.2, 0.25) is 0 Å². The molecule has 0 unspecified atom stereocenters. The zero-order valence-corrected chi connectivity index (χ0v) is 7.97. The van der Waals surface area contributed by atoms with Gasteiger partial charge in [-0.1, -0.05) is 19.8 Å². The Balaban J connectivity index is 3.22. The zero-order valence-electron chi connectivity index (χ0n) is 7.97. The van der Waals surface area contributed by atoms with Gasteiger partial charge in [0.2, 0.25) is 5.91 Å². The number of rotatable bonds is 6. The molecule has 0 aliphatic heterocycles. The zero-order chi connectivity index (χ0) is 9.40. The highest BCUT2D eigenvalue weighted by molar-refractivity contribution is 5.75. The summed E-state index contributed by atoms with van der Waals surface area (Å²) in [6.07, 6.45) is 3.31. The maximum absolute atomic E-state index is 11.0. The number of carbonyl (C=O) groups excluding carboxylic acids is 1. The first-order valence-electron chi connectivity index (χ1n) is 4.61. The van der Waals surface area contributed by atoms with Gasteiger partial charge in [0.1, 0.15) is 0 Å². The largest absolute Gasteiger partial charge is 0.392 e. The van der Waals surface area contributed by atoms with Crippen LogP contribution in [0.3, 0.4) is 0 Å². The number of amides is 1. The van der Waals surface area contributed by atoms with Crippen LogP contribution in [0.5, 0.6) is 0 Å². The van der Waals surface area contributed by atoms with Crippen molar-refractivity contribution in [3.8, 4) is 0 Å². The molecule has 0 bridgehead atoms. The van der Waals surface area contributed by atoms with Gasteiger partial charge in [-0.05, 0) is 13.3 Å². The Morgan fingerprint density at radius 2 is 2.17 bits per heavy atom. The molecule has 0 fully saturated rings. The van der Waals surface area contributed by atoms with Crippen LogP contribution in [0.15, 0.2) is 0 Å². The van der Waals surface area contributed by atoms with E-state index in [0.717, 1.165) is 19.3 Å². The topological polar surface area (TPSA) is 49.3 Å². The minimum Gasteiger partial charge on any atom is -0.392 e. The molecule has 0 saturated carbocycles. The minimum atomic E-state index is -0.444. The predicted octanol–water partition coefficient (Wildman–Crippen LogP) is 1.06. The van der Waals surface area contributed by atoms with Crippen molar-refractivity contribution >= 4 is 5.91 Å². The molecule has 3 nitrogen and oxygen atoms in total. The highest BCUT2D eigenvalue weighted by Crippen LogP contribution is 1.97. The van der Waals surface area contributed by atoms with E-state index in [-0.39, 0.29) is 5.91 Å². The lowest BCUT2D eigenvalue weighted by atomic mass is 10.2. The number of aliphatic hydroxyl groups excluding tert-OH is 1. The van der Waals surface area contributed by atoms with Gasteiger partial charge in [0.15, 0.2) is 0 Å². The molecule has 0 radical (unpaired) electrons. The minimum absolute atomic E-state index is 0.0457. The number of aliphatic hydroxyl groups is 1. The summed E-state index contributed by atoms with van der Waals surface area (Å²) in [6.45, 7) is 4.13. The first kappa shape index (κ1) is 11.4. The second-order valence-corrected chi connectivity index (χ2v) is 3.11. The summed E-state index contributed by atoms with van der Waals surface area (Å²) in [5, 5.41) is 11.5. The van der Waals surface area contributed by atoms with Crippen LogP contribution >= 0.6 is 0 Å². The predicted molar refractivity (Wildman–Crippen MR) is 48.8 cm³/mol. The van der Waals surface area contributed by atoms with Gasteiger partial charge in [-0.25, -0.2) is 0 Å². The standard InChI is InChI=1S/C9H19NO2/c1-3-4-5-6-9(12)10-7-8(2)11/h8,11H,3-7H2,1-2H3,(H,10,12)/t8-/m1/s1. The molecule has 72 valence electrons. The third-order valence-corrected chi connectivity index (χ3v) is 1.60. The molecular formula is C9H19NO2. The maximum Gasteiger partial charge on any atom is 0.220 e. The van der Waals surface area contributed by atoms with Gasteiger partial charge in [-0.3, -0.25) is 4.79 Å². The molecule has 0 saturated heterocycles. The van der Waals surface area contributed by atoms with Crippen molar-refractivity contribution in [2.24, 2.45) is 0 Å². The molecule has 0 aromatic heterocycles. The molecule has 2 N–H and O–H groups in total. The van der Waals surface area contributed by atoms with Crippen LogP contribution in [0.25, 0.3) is 0 Å². The Kier molecular flexibility index (Phi) is 6.76. The van der Waals surface area contributed by atoms with Crippen LogP contribution < -0.4 is 5.32 Å². The SMILES string of the molecule is CCCCCC(=O)NC[C@@H](C)O. The summed E-state index contributed by atoms with van der Waals surface area (Å²) < 4.78 is 0. The van der Waals surface area contributed by atoms with E-state index in [2.05, 4.69) is 12.2 Å².